The van der Waals surface area contributed by atoms with Crippen LogP contribution in [0.15, 0.2) is 16.8 Å². The maximum atomic E-state index is 3.39. The molecule has 0 spiro atoms. The summed E-state index contributed by atoms with van der Waals surface area (Å²) >= 11 is 1.78. The maximum Gasteiger partial charge on any atom is 0.0239 e. The molecule has 1 rings (SSSR count). The second-order valence-corrected chi connectivity index (χ2v) is 5.02. The van der Waals surface area contributed by atoms with Gasteiger partial charge in [-0.3, -0.25) is 0 Å². The normalized spacial score (nSPS) is 13.3. The van der Waals surface area contributed by atoms with Gasteiger partial charge in [0.25, 0.3) is 0 Å². The first-order valence-corrected chi connectivity index (χ1v) is 6.57. The highest BCUT2D eigenvalue weighted by atomic mass is 32.1. The summed E-state index contributed by atoms with van der Waals surface area (Å²) in [5.41, 5.74) is 1.43. The zero-order valence-corrected chi connectivity index (χ0v) is 10.8. The minimum absolute atomic E-state index is 0.716. The predicted octanol–water partition coefficient (Wildman–Crippen LogP) is 2.43. The van der Waals surface area contributed by atoms with Crippen molar-refractivity contribution in [2.75, 3.05) is 26.7 Å². The molecule has 1 heterocycles. The summed E-state index contributed by atoms with van der Waals surface area (Å²) in [6, 6.07) is 2.20. The van der Waals surface area contributed by atoms with Crippen LogP contribution in [0.3, 0.4) is 0 Å². The Morgan fingerprint density at radius 3 is 2.93 bits per heavy atom. The van der Waals surface area contributed by atoms with Crippen molar-refractivity contribution in [2.45, 2.75) is 20.4 Å². The molecule has 2 nitrogen and oxygen atoms in total. The Hall–Kier alpha value is -0.380. The van der Waals surface area contributed by atoms with Gasteiger partial charge in [-0.15, -0.1) is 0 Å². The Bertz CT molecular complexity index is 246. The van der Waals surface area contributed by atoms with Crippen LogP contribution >= 0.6 is 11.3 Å². The standard InChI is InChI=1S/C12H22N2S/c1-4-13-7-11(2)8-14(3)9-12-5-6-15-10-12/h5-6,10-11,13H,4,7-9H2,1-3H3. The third kappa shape index (κ3) is 5.30. The molecular formula is C12H22N2S. The van der Waals surface area contributed by atoms with Gasteiger partial charge in [-0.25, -0.2) is 0 Å². The van der Waals surface area contributed by atoms with Crippen molar-refractivity contribution >= 4 is 11.3 Å². The number of nitrogens with one attached hydrogen (secondary N) is 1. The fourth-order valence-corrected chi connectivity index (χ4v) is 2.41. The van der Waals surface area contributed by atoms with Crippen LogP contribution in [0.4, 0.5) is 0 Å². The first-order chi connectivity index (χ1) is 7.22. The van der Waals surface area contributed by atoms with E-state index >= 15 is 0 Å². The van der Waals surface area contributed by atoms with Gasteiger partial charge in [0.15, 0.2) is 0 Å². The highest BCUT2D eigenvalue weighted by Crippen LogP contribution is 2.09. The molecular weight excluding hydrogens is 204 g/mol. The van der Waals surface area contributed by atoms with Crippen LogP contribution in [0.5, 0.6) is 0 Å². The lowest BCUT2D eigenvalue weighted by atomic mass is 10.1. The second kappa shape index (κ2) is 6.99. The van der Waals surface area contributed by atoms with Gasteiger partial charge in [-0.05, 0) is 48.4 Å². The van der Waals surface area contributed by atoms with Gasteiger partial charge in [-0.2, -0.15) is 11.3 Å². The molecule has 1 aromatic rings. The number of thiophene rings is 1. The van der Waals surface area contributed by atoms with Gasteiger partial charge < -0.3 is 10.2 Å². The van der Waals surface area contributed by atoms with Crippen LogP contribution in [-0.4, -0.2) is 31.6 Å². The molecule has 1 atom stereocenters. The third-order valence-electron chi connectivity index (χ3n) is 2.40. The van der Waals surface area contributed by atoms with E-state index in [0.29, 0.717) is 5.92 Å². The molecule has 3 heteroatoms. The molecule has 0 aliphatic rings. The lowest BCUT2D eigenvalue weighted by molar-refractivity contribution is 0.275. The highest BCUT2D eigenvalue weighted by Gasteiger charge is 2.06. The first-order valence-electron chi connectivity index (χ1n) is 5.62. The van der Waals surface area contributed by atoms with E-state index in [2.05, 4.69) is 47.9 Å². The van der Waals surface area contributed by atoms with E-state index < -0.39 is 0 Å². The average molecular weight is 226 g/mol. The molecule has 1 aromatic heterocycles. The Kier molecular flexibility index (Phi) is 5.91. The van der Waals surface area contributed by atoms with E-state index in [1.54, 1.807) is 11.3 Å². The fourth-order valence-electron chi connectivity index (χ4n) is 1.75. The van der Waals surface area contributed by atoms with E-state index in [0.717, 1.165) is 26.2 Å². The Balaban J connectivity index is 2.20. The number of hydrogen-bond acceptors (Lipinski definition) is 3. The lowest BCUT2D eigenvalue weighted by Gasteiger charge is -2.21. The van der Waals surface area contributed by atoms with Crippen molar-refractivity contribution in [3.63, 3.8) is 0 Å². The van der Waals surface area contributed by atoms with Gasteiger partial charge in [0, 0.05) is 13.1 Å². The molecule has 0 saturated heterocycles. The van der Waals surface area contributed by atoms with Gasteiger partial charge in [0.2, 0.25) is 0 Å². The summed E-state index contributed by atoms with van der Waals surface area (Å²) in [5, 5.41) is 7.76. The van der Waals surface area contributed by atoms with E-state index in [4.69, 9.17) is 0 Å². The SMILES string of the molecule is CCNCC(C)CN(C)Cc1ccsc1. The fraction of sp³-hybridized carbons (Fsp3) is 0.667. The quantitative estimate of drug-likeness (QED) is 0.768. The molecule has 0 aliphatic carbocycles. The van der Waals surface area contributed by atoms with E-state index in [1.165, 1.54) is 5.56 Å². The Morgan fingerprint density at radius 2 is 2.33 bits per heavy atom. The molecule has 0 saturated carbocycles. The number of rotatable bonds is 7. The van der Waals surface area contributed by atoms with E-state index in [1.807, 2.05) is 0 Å². The van der Waals surface area contributed by atoms with Crippen LogP contribution in [-0.2, 0) is 6.54 Å². The van der Waals surface area contributed by atoms with E-state index in [-0.39, 0.29) is 0 Å². The molecule has 15 heavy (non-hydrogen) atoms. The van der Waals surface area contributed by atoms with Crippen LogP contribution in [0.1, 0.15) is 19.4 Å². The summed E-state index contributed by atoms with van der Waals surface area (Å²) in [6.45, 7) is 8.86. The Labute approximate surface area is 97.3 Å². The molecule has 0 aromatic carbocycles. The summed E-state index contributed by atoms with van der Waals surface area (Å²) < 4.78 is 0. The molecule has 1 unspecified atom stereocenters. The zero-order chi connectivity index (χ0) is 11.1. The van der Waals surface area contributed by atoms with Crippen LogP contribution in [0.2, 0.25) is 0 Å². The first kappa shape index (κ1) is 12.7. The zero-order valence-electron chi connectivity index (χ0n) is 9.99. The molecule has 86 valence electrons. The largest absolute Gasteiger partial charge is 0.317 e. The molecule has 0 aliphatic heterocycles. The van der Waals surface area contributed by atoms with Crippen LogP contribution in [0.25, 0.3) is 0 Å². The van der Waals surface area contributed by atoms with Gasteiger partial charge in [0.1, 0.15) is 0 Å². The Morgan fingerprint density at radius 1 is 1.53 bits per heavy atom. The lowest BCUT2D eigenvalue weighted by Crippen LogP contribution is -2.30. The summed E-state index contributed by atoms with van der Waals surface area (Å²) in [4.78, 5) is 2.39. The predicted molar refractivity (Wildman–Crippen MR) is 68.4 cm³/mol. The van der Waals surface area contributed by atoms with Crippen LogP contribution in [0, 0.1) is 5.92 Å². The molecule has 0 fully saturated rings. The highest BCUT2D eigenvalue weighted by molar-refractivity contribution is 7.07. The van der Waals surface area contributed by atoms with Crippen molar-refractivity contribution in [3.05, 3.63) is 22.4 Å². The van der Waals surface area contributed by atoms with Crippen molar-refractivity contribution in [1.82, 2.24) is 10.2 Å². The van der Waals surface area contributed by atoms with Gasteiger partial charge in [0.05, 0.1) is 0 Å². The number of hydrogen-bond donors (Lipinski definition) is 1. The number of nitrogens with zero attached hydrogens (tertiary/aromatic N) is 1. The minimum Gasteiger partial charge on any atom is -0.317 e. The summed E-state index contributed by atoms with van der Waals surface area (Å²) in [5.74, 6) is 0.716. The van der Waals surface area contributed by atoms with Crippen molar-refractivity contribution in [2.24, 2.45) is 5.92 Å². The van der Waals surface area contributed by atoms with Gasteiger partial charge in [-0.1, -0.05) is 13.8 Å². The molecule has 0 radical (unpaired) electrons. The molecule has 1 N–H and O–H groups in total. The van der Waals surface area contributed by atoms with Crippen molar-refractivity contribution < 1.29 is 0 Å². The van der Waals surface area contributed by atoms with Crippen LogP contribution < -0.4 is 5.32 Å². The smallest absolute Gasteiger partial charge is 0.0239 e. The van der Waals surface area contributed by atoms with Crippen molar-refractivity contribution in [3.8, 4) is 0 Å². The maximum absolute atomic E-state index is 3.39. The van der Waals surface area contributed by atoms with Gasteiger partial charge >= 0.3 is 0 Å². The van der Waals surface area contributed by atoms with E-state index in [9.17, 15) is 0 Å². The van der Waals surface area contributed by atoms with Crippen molar-refractivity contribution in [1.29, 1.82) is 0 Å². The monoisotopic (exact) mass is 226 g/mol. The molecule has 0 amide bonds. The average Bonchev–Trinajstić information content (AvgIpc) is 2.67. The summed E-state index contributed by atoms with van der Waals surface area (Å²) in [7, 11) is 2.19. The third-order valence-corrected chi connectivity index (χ3v) is 3.13. The minimum atomic E-state index is 0.716. The topological polar surface area (TPSA) is 15.3 Å². The second-order valence-electron chi connectivity index (χ2n) is 4.24. The molecule has 0 bridgehead atoms. The summed E-state index contributed by atoms with van der Waals surface area (Å²) in [6.07, 6.45) is 0.